The van der Waals surface area contributed by atoms with Gasteiger partial charge >= 0.3 is 5.97 Å². The number of rotatable bonds is 10. The van der Waals surface area contributed by atoms with Crippen molar-refractivity contribution in [1.29, 1.82) is 0 Å². The Labute approximate surface area is 254 Å². The molecule has 0 spiro atoms. The molecule has 222 valence electrons. The number of para-hydroxylation sites is 2. The lowest BCUT2D eigenvalue weighted by molar-refractivity contribution is -0.139. The number of allylic oxidation sites excluding steroid dienone is 1. The first-order chi connectivity index (χ1) is 20.8. The maximum Gasteiger partial charge on any atom is 0.338 e. The zero-order chi connectivity index (χ0) is 30.5. The third kappa shape index (κ3) is 6.27. The van der Waals surface area contributed by atoms with Gasteiger partial charge < -0.3 is 18.9 Å². The third-order valence-electron chi connectivity index (χ3n) is 6.84. The fourth-order valence-electron chi connectivity index (χ4n) is 4.99. The number of fused-ring (bicyclic) bond motifs is 1. The van der Waals surface area contributed by atoms with Crippen LogP contribution < -0.4 is 29.1 Å². The lowest BCUT2D eigenvalue weighted by Gasteiger charge is -2.26. The minimum absolute atomic E-state index is 0.115. The summed E-state index contributed by atoms with van der Waals surface area (Å²) in [6.07, 6.45) is 1.67. The standard InChI is InChI=1S/C34H34N2O6S/c1-6-40-33(38)29-22(4)35-34-36(30(29)25-16-10-11-17-26(25)42-21(2)3)32(37)28(43-34)19-24-15-12-18-27(39-5)31(24)41-20-23-13-8-7-9-14-23/h7-19,21,30H,6,20H2,1-5H3/b28-19-. The van der Waals surface area contributed by atoms with E-state index in [1.807, 2.05) is 86.6 Å². The number of esters is 1. The Morgan fingerprint density at radius 2 is 1.74 bits per heavy atom. The molecule has 0 fully saturated rings. The number of carbonyl (C=O) groups is 1. The molecule has 0 radical (unpaired) electrons. The van der Waals surface area contributed by atoms with Crippen LogP contribution in [0.1, 0.15) is 50.4 Å². The smallest absolute Gasteiger partial charge is 0.338 e. The molecule has 0 amide bonds. The summed E-state index contributed by atoms with van der Waals surface area (Å²) in [7, 11) is 1.58. The van der Waals surface area contributed by atoms with Crippen molar-refractivity contribution in [2.24, 2.45) is 4.99 Å². The van der Waals surface area contributed by atoms with Gasteiger partial charge in [-0.25, -0.2) is 9.79 Å². The molecule has 0 N–H and O–H groups in total. The highest BCUT2D eigenvalue weighted by Crippen LogP contribution is 2.36. The Hall–Kier alpha value is -4.63. The fourth-order valence-corrected chi connectivity index (χ4v) is 6.02. The lowest BCUT2D eigenvalue weighted by atomic mass is 9.95. The topological polar surface area (TPSA) is 88.4 Å². The molecule has 1 aromatic heterocycles. The highest BCUT2D eigenvalue weighted by molar-refractivity contribution is 7.07. The number of ether oxygens (including phenoxy) is 4. The van der Waals surface area contributed by atoms with Gasteiger partial charge in [-0.15, -0.1) is 0 Å². The highest BCUT2D eigenvalue weighted by Gasteiger charge is 2.35. The second-order valence-electron chi connectivity index (χ2n) is 10.2. The minimum atomic E-state index is -0.786. The first-order valence-corrected chi connectivity index (χ1v) is 14.9. The van der Waals surface area contributed by atoms with E-state index in [4.69, 9.17) is 23.9 Å². The summed E-state index contributed by atoms with van der Waals surface area (Å²) in [5, 5.41) is 0. The van der Waals surface area contributed by atoms with Crippen LogP contribution in [0.15, 0.2) is 93.9 Å². The number of benzene rings is 3. The van der Waals surface area contributed by atoms with Gasteiger partial charge in [-0.1, -0.05) is 72.0 Å². The van der Waals surface area contributed by atoms with Crippen LogP contribution in [0.25, 0.3) is 6.08 Å². The normalized spacial score (nSPS) is 14.7. The van der Waals surface area contributed by atoms with E-state index >= 15 is 0 Å². The molecule has 0 saturated heterocycles. The van der Waals surface area contributed by atoms with Gasteiger partial charge in [0.2, 0.25) is 0 Å². The Kier molecular flexibility index (Phi) is 9.11. The van der Waals surface area contributed by atoms with Gasteiger partial charge in [0.05, 0.1) is 35.6 Å². The van der Waals surface area contributed by atoms with Crippen molar-refractivity contribution < 1.29 is 23.7 Å². The number of thiazole rings is 1. The van der Waals surface area contributed by atoms with Crippen LogP contribution in [0.4, 0.5) is 0 Å². The van der Waals surface area contributed by atoms with E-state index in [0.29, 0.717) is 55.6 Å². The Balaban J connectivity index is 1.68. The van der Waals surface area contributed by atoms with Crippen molar-refractivity contribution >= 4 is 23.4 Å². The molecule has 4 aromatic rings. The van der Waals surface area contributed by atoms with Crippen LogP contribution in [0.5, 0.6) is 17.2 Å². The summed E-state index contributed by atoms with van der Waals surface area (Å²) < 4.78 is 25.4. The van der Waals surface area contributed by atoms with Gasteiger partial charge in [0.15, 0.2) is 16.3 Å². The zero-order valence-electron chi connectivity index (χ0n) is 24.8. The number of methoxy groups -OCH3 is 1. The minimum Gasteiger partial charge on any atom is -0.493 e. The van der Waals surface area contributed by atoms with Crippen LogP contribution in [0.2, 0.25) is 0 Å². The highest BCUT2D eigenvalue weighted by atomic mass is 32.1. The molecule has 0 aliphatic carbocycles. The summed E-state index contributed by atoms with van der Waals surface area (Å²) in [6.45, 7) is 7.90. The van der Waals surface area contributed by atoms with Crippen molar-refractivity contribution in [2.45, 2.75) is 46.4 Å². The molecule has 8 nitrogen and oxygen atoms in total. The van der Waals surface area contributed by atoms with Crippen molar-refractivity contribution in [3.8, 4) is 17.2 Å². The number of hydrogen-bond acceptors (Lipinski definition) is 8. The molecule has 43 heavy (non-hydrogen) atoms. The van der Waals surface area contributed by atoms with Crippen molar-refractivity contribution in [3.05, 3.63) is 120 Å². The molecule has 0 bridgehead atoms. The molecule has 1 atom stereocenters. The van der Waals surface area contributed by atoms with Crippen molar-refractivity contribution in [2.75, 3.05) is 13.7 Å². The Bertz CT molecular complexity index is 1840. The number of carbonyl (C=O) groups excluding carboxylic acids is 1. The average Bonchev–Trinajstić information content (AvgIpc) is 3.30. The summed E-state index contributed by atoms with van der Waals surface area (Å²) in [5.74, 6) is 1.13. The SMILES string of the molecule is CCOC(=O)C1=C(C)N=c2s/c(=C\c3cccc(OC)c3OCc3ccccc3)c(=O)n2C1c1ccccc1OC(C)C. The summed E-state index contributed by atoms with van der Waals surface area (Å²) in [4.78, 5) is 32.7. The van der Waals surface area contributed by atoms with Crippen LogP contribution in [0.3, 0.4) is 0 Å². The van der Waals surface area contributed by atoms with Crippen LogP contribution in [-0.2, 0) is 16.1 Å². The van der Waals surface area contributed by atoms with Gasteiger partial charge in [-0.05, 0) is 51.5 Å². The van der Waals surface area contributed by atoms with E-state index < -0.39 is 12.0 Å². The van der Waals surface area contributed by atoms with Gasteiger partial charge in [0.25, 0.3) is 5.56 Å². The molecular weight excluding hydrogens is 564 g/mol. The average molecular weight is 599 g/mol. The maximum absolute atomic E-state index is 14.2. The predicted molar refractivity (Wildman–Crippen MR) is 166 cm³/mol. The summed E-state index contributed by atoms with van der Waals surface area (Å²) in [5.41, 5.74) is 2.86. The first kappa shape index (κ1) is 29.8. The second kappa shape index (κ2) is 13.1. The van der Waals surface area contributed by atoms with Crippen LogP contribution in [-0.4, -0.2) is 30.4 Å². The van der Waals surface area contributed by atoms with Crippen LogP contribution in [0, 0.1) is 0 Å². The van der Waals surface area contributed by atoms with Crippen molar-refractivity contribution in [3.63, 3.8) is 0 Å². The molecule has 1 unspecified atom stereocenters. The van der Waals surface area contributed by atoms with E-state index in [-0.39, 0.29) is 18.3 Å². The predicted octanol–water partition coefficient (Wildman–Crippen LogP) is 5.17. The van der Waals surface area contributed by atoms with Crippen LogP contribution >= 0.6 is 11.3 Å². The van der Waals surface area contributed by atoms with Crippen molar-refractivity contribution in [1.82, 2.24) is 4.57 Å². The van der Waals surface area contributed by atoms with Gasteiger partial charge in [-0.3, -0.25) is 9.36 Å². The number of aromatic nitrogens is 1. The van der Waals surface area contributed by atoms with E-state index in [9.17, 15) is 9.59 Å². The monoisotopic (exact) mass is 598 g/mol. The lowest BCUT2D eigenvalue weighted by Crippen LogP contribution is -2.40. The van der Waals surface area contributed by atoms with Gasteiger partial charge in [-0.2, -0.15) is 0 Å². The molecule has 3 aromatic carbocycles. The summed E-state index contributed by atoms with van der Waals surface area (Å²) >= 11 is 1.25. The van der Waals surface area contributed by atoms with E-state index in [1.165, 1.54) is 11.3 Å². The molecule has 1 aliphatic heterocycles. The van der Waals surface area contributed by atoms with Gasteiger partial charge in [0, 0.05) is 11.1 Å². The molecule has 0 saturated carbocycles. The van der Waals surface area contributed by atoms with Gasteiger partial charge in [0.1, 0.15) is 18.4 Å². The second-order valence-corrected chi connectivity index (χ2v) is 11.2. The van der Waals surface area contributed by atoms with E-state index in [1.54, 1.807) is 31.6 Å². The fraction of sp³-hybridized carbons (Fsp3) is 0.265. The van der Waals surface area contributed by atoms with E-state index in [0.717, 1.165) is 5.56 Å². The quantitative estimate of drug-likeness (QED) is 0.234. The maximum atomic E-state index is 14.2. The number of hydrogen-bond donors (Lipinski definition) is 0. The molecule has 5 rings (SSSR count). The Morgan fingerprint density at radius 1 is 1.02 bits per heavy atom. The first-order valence-electron chi connectivity index (χ1n) is 14.1. The Morgan fingerprint density at radius 3 is 2.47 bits per heavy atom. The summed E-state index contributed by atoms with van der Waals surface area (Å²) in [6, 6.07) is 22.0. The van der Waals surface area contributed by atoms with E-state index in [2.05, 4.69) is 0 Å². The molecular formula is C34H34N2O6S. The largest absolute Gasteiger partial charge is 0.493 e. The number of nitrogens with zero attached hydrogens (tertiary/aromatic N) is 2. The third-order valence-corrected chi connectivity index (χ3v) is 7.82. The molecule has 1 aliphatic rings. The molecule has 2 heterocycles. The molecule has 9 heteroatoms. The zero-order valence-corrected chi connectivity index (χ0v) is 25.6.